The first-order valence-electron chi connectivity index (χ1n) is 13.6. The van der Waals surface area contributed by atoms with Crippen LogP contribution in [0.5, 0.6) is 0 Å². The highest BCUT2D eigenvalue weighted by atomic mass is 32.1. The normalized spacial score (nSPS) is 16.8. The van der Waals surface area contributed by atoms with Crippen LogP contribution in [-0.2, 0) is 25.7 Å². The molecule has 1 N–H and O–H groups in total. The van der Waals surface area contributed by atoms with Crippen molar-refractivity contribution in [1.29, 1.82) is 0 Å². The summed E-state index contributed by atoms with van der Waals surface area (Å²) < 4.78 is 18.6. The van der Waals surface area contributed by atoms with Crippen LogP contribution < -0.4 is 15.1 Å². The highest BCUT2D eigenvalue weighted by molar-refractivity contribution is 7.80. The zero-order valence-corrected chi connectivity index (χ0v) is 23.7. The Morgan fingerprint density at radius 2 is 1.64 bits per heavy atom. The summed E-state index contributed by atoms with van der Waals surface area (Å²) in [5.74, 6) is -1.65. The quantitative estimate of drug-likeness (QED) is 0.287. The molecule has 42 heavy (non-hydrogen) atoms. The third-order valence-corrected chi connectivity index (χ3v) is 7.55. The van der Waals surface area contributed by atoms with Crippen LogP contribution in [0.25, 0.3) is 0 Å². The second-order valence-electron chi connectivity index (χ2n) is 9.94. The molecule has 0 spiro atoms. The van der Waals surface area contributed by atoms with E-state index in [4.69, 9.17) is 17.0 Å². The number of hydrogen-bond acceptors (Lipinski definition) is 6. The molecule has 0 saturated carbocycles. The molecule has 2 heterocycles. The second-order valence-corrected chi connectivity index (χ2v) is 10.3. The van der Waals surface area contributed by atoms with Crippen molar-refractivity contribution in [2.24, 2.45) is 0 Å². The van der Waals surface area contributed by atoms with Crippen molar-refractivity contribution in [1.82, 2.24) is 4.90 Å². The summed E-state index contributed by atoms with van der Waals surface area (Å²) >= 11 is 5.71. The summed E-state index contributed by atoms with van der Waals surface area (Å²) in [5, 5.41) is 2.97. The second kappa shape index (κ2) is 12.5. The minimum absolute atomic E-state index is 0.0885. The molecule has 3 amide bonds. The number of rotatable bonds is 9. The van der Waals surface area contributed by atoms with Crippen molar-refractivity contribution in [3.8, 4) is 0 Å². The van der Waals surface area contributed by atoms with Crippen LogP contribution in [0.1, 0.15) is 42.1 Å². The summed E-state index contributed by atoms with van der Waals surface area (Å²) in [6, 6.07) is 18.2. The van der Waals surface area contributed by atoms with Gasteiger partial charge in [-0.05, 0) is 91.8 Å². The average Bonchev–Trinajstić information content (AvgIpc) is 3.50. The first-order valence-corrected chi connectivity index (χ1v) is 14.0. The van der Waals surface area contributed by atoms with Crippen molar-refractivity contribution in [2.45, 2.75) is 38.8 Å². The van der Waals surface area contributed by atoms with E-state index in [1.165, 1.54) is 29.2 Å². The lowest BCUT2D eigenvalue weighted by atomic mass is 10.1. The zero-order chi connectivity index (χ0) is 29.8. The maximum absolute atomic E-state index is 13.7. The summed E-state index contributed by atoms with van der Waals surface area (Å²) in [6.45, 7) is 2.89. The van der Waals surface area contributed by atoms with Crippen LogP contribution in [0, 0.1) is 5.82 Å². The van der Waals surface area contributed by atoms with Crippen LogP contribution in [0.4, 0.5) is 21.5 Å². The fraction of sp³-hybridized carbons (Fsp3) is 0.258. The van der Waals surface area contributed by atoms with E-state index in [0.29, 0.717) is 29.9 Å². The van der Waals surface area contributed by atoms with Gasteiger partial charge in [0.15, 0.2) is 5.11 Å². The molecule has 0 aliphatic carbocycles. The Bertz CT molecular complexity index is 1510. The number of nitrogens with zero attached hydrogens (tertiary/aromatic N) is 3. The number of halogens is 1. The fourth-order valence-corrected chi connectivity index (χ4v) is 5.42. The Hall–Kier alpha value is -4.64. The summed E-state index contributed by atoms with van der Waals surface area (Å²) in [7, 11) is 0. The van der Waals surface area contributed by atoms with Gasteiger partial charge in [0.2, 0.25) is 11.8 Å². The zero-order valence-electron chi connectivity index (χ0n) is 22.9. The Labute approximate surface area is 247 Å². The van der Waals surface area contributed by atoms with Gasteiger partial charge in [-0.25, -0.2) is 9.18 Å². The monoisotopic (exact) mass is 588 g/mol. The molecular formula is C31H29FN4O5S. The lowest BCUT2D eigenvalue weighted by molar-refractivity contribution is -0.124. The van der Waals surface area contributed by atoms with Crippen molar-refractivity contribution >= 4 is 58.1 Å². The third kappa shape index (κ3) is 6.15. The average molecular weight is 589 g/mol. The molecule has 11 heteroatoms. The van der Waals surface area contributed by atoms with E-state index in [2.05, 4.69) is 5.32 Å². The molecule has 2 aliphatic heterocycles. The third-order valence-electron chi connectivity index (χ3n) is 7.14. The number of benzene rings is 3. The maximum atomic E-state index is 13.7. The molecule has 1 atom stereocenters. The molecular weight excluding hydrogens is 559 g/mol. The lowest BCUT2D eigenvalue weighted by Gasteiger charge is -2.24. The fourth-order valence-electron chi connectivity index (χ4n) is 5.03. The van der Waals surface area contributed by atoms with E-state index >= 15 is 0 Å². The van der Waals surface area contributed by atoms with Gasteiger partial charge in [0.1, 0.15) is 11.9 Å². The maximum Gasteiger partial charge on any atom is 0.338 e. The molecule has 216 valence electrons. The number of carbonyl (C=O) groups excluding carboxylic acids is 4. The van der Waals surface area contributed by atoms with Crippen molar-refractivity contribution in [2.75, 3.05) is 28.3 Å². The van der Waals surface area contributed by atoms with Gasteiger partial charge in [-0.3, -0.25) is 19.3 Å². The van der Waals surface area contributed by atoms with Gasteiger partial charge in [0.25, 0.3) is 5.91 Å². The van der Waals surface area contributed by atoms with Gasteiger partial charge in [-0.15, -0.1) is 0 Å². The molecule has 9 nitrogen and oxygen atoms in total. The van der Waals surface area contributed by atoms with E-state index in [9.17, 15) is 23.6 Å². The Balaban J connectivity index is 1.34. The smallest absolute Gasteiger partial charge is 0.338 e. The van der Waals surface area contributed by atoms with Crippen molar-refractivity contribution in [3.63, 3.8) is 0 Å². The van der Waals surface area contributed by atoms with E-state index < -0.39 is 29.6 Å². The van der Waals surface area contributed by atoms with Crippen LogP contribution in [-0.4, -0.2) is 52.9 Å². The number of thiocarbonyl (C=S) groups is 1. The number of esters is 1. The number of nitrogens with one attached hydrogen (secondary N) is 1. The molecule has 2 aliphatic rings. The molecule has 0 unspecified atom stereocenters. The predicted molar refractivity (Wildman–Crippen MR) is 159 cm³/mol. The highest BCUT2D eigenvalue weighted by Gasteiger charge is 2.44. The number of ether oxygens (including phenoxy) is 1. The topological polar surface area (TPSA) is 99.3 Å². The van der Waals surface area contributed by atoms with Crippen LogP contribution >= 0.6 is 12.2 Å². The van der Waals surface area contributed by atoms with Crippen molar-refractivity contribution < 1.29 is 28.3 Å². The van der Waals surface area contributed by atoms with Gasteiger partial charge in [0.05, 0.1) is 24.3 Å². The predicted octanol–water partition coefficient (Wildman–Crippen LogP) is 4.66. The van der Waals surface area contributed by atoms with E-state index in [0.717, 1.165) is 17.7 Å². The van der Waals surface area contributed by atoms with Gasteiger partial charge < -0.3 is 19.9 Å². The van der Waals surface area contributed by atoms with E-state index in [1.54, 1.807) is 41.0 Å². The molecule has 5 rings (SSSR count). The summed E-state index contributed by atoms with van der Waals surface area (Å²) in [4.78, 5) is 55.6. The van der Waals surface area contributed by atoms with Gasteiger partial charge in [-0.2, -0.15) is 0 Å². The number of hydrogen-bond donors (Lipinski definition) is 1. The van der Waals surface area contributed by atoms with Crippen LogP contribution in [0.2, 0.25) is 0 Å². The summed E-state index contributed by atoms with van der Waals surface area (Å²) in [5.41, 5.74) is 2.85. The first-order chi connectivity index (χ1) is 20.2. The molecule has 3 aromatic carbocycles. The first kappa shape index (κ1) is 28.9. The van der Waals surface area contributed by atoms with Crippen LogP contribution in [0.3, 0.4) is 0 Å². The Morgan fingerprint density at radius 1 is 0.976 bits per heavy atom. The Morgan fingerprint density at radius 3 is 2.26 bits per heavy atom. The standard InChI is InChI=1S/C31H29FN4O5S/c1-2-41-30(40)21-7-11-23(12-8-21)33-27(37)18-26-29(39)36(25-15-9-22(32)10-16-25)31(42)35(26)19-20-5-13-24(14-6-20)34-17-3-4-28(34)38/h5-16,26H,2-4,17-19H2,1H3,(H,33,37)/t26-/m0/s1. The molecule has 0 aromatic heterocycles. The largest absolute Gasteiger partial charge is 0.462 e. The van der Waals surface area contributed by atoms with Crippen LogP contribution in [0.15, 0.2) is 72.8 Å². The van der Waals surface area contributed by atoms with Gasteiger partial charge >= 0.3 is 5.97 Å². The molecule has 2 fully saturated rings. The van der Waals surface area contributed by atoms with E-state index in [-0.39, 0.29) is 30.6 Å². The number of amides is 3. The van der Waals surface area contributed by atoms with Crippen molar-refractivity contribution in [3.05, 3.63) is 89.7 Å². The van der Waals surface area contributed by atoms with Gasteiger partial charge in [-0.1, -0.05) is 12.1 Å². The molecule has 0 radical (unpaired) electrons. The molecule has 0 bridgehead atoms. The van der Waals surface area contributed by atoms with E-state index in [1.807, 2.05) is 24.3 Å². The molecule has 3 aromatic rings. The SMILES string of the molecule is CCOC(=O)c1ccc(NC(=O)C[C@H]2C(=O)N(c3ccc(F)cc3)C(=S)N2Cc2ccc(N3CCCC3=O)cc2)cc1. The Kier molecular flexibility index (Phi) is 8.58. The minimum atomic E-state index is -0.916. The highest BCUT2D eigenvalue weighted by Crippen LogP contribution is 2.30. The number of carbonyl (C=O) groups is 4. The minimum Gasteiger partial charge on any atom is -0.462 e. The summed E-state index contributed by atoms with van der Waals surface area (Å²) in [6.07, 6.45) is 1.16. The van der Waals surface area contributed by atoms with Gasteiger partial charge in [0, 0.05) is 30.9 Å². The lowest BCUT2D eigenvalue weighted by Crippen LogP contribution is -2.37. The molecule has 2 saturated heterocycles. The number of anilines is 3.